The summed E-state index contributed by atoms with van der Waals surface area (Å²) in [7, 11) is 0. The first kappa shape index (κ1) is 21.7. The van der Waals surface area contributed by atoms with Gasteiger partial charge in [-0.05, 0) is 71.4 Å². The number of ether oxygens (including phenoxy) is 2. The van der Waals surface area contributed by atoms with Crippen LogP contribution < -0.4 is 9.47 Å². The largest absolute Gasteiger partial charge is 0.494 e. The predicted octanol–water partition coefficient (Wildman–Crippen LogP) is 7.63. The summed E-state index contributed by atoms with van der Waals surface area (Å²) in [6, 6.07) is 27.6. The van der Waals surface area contributed by atoms with Gasteiger partial charge in [-0.1, -0.05) is 75.4 Å². The second-order valence-corrected chi connectivity index (χ2v) is 7.32. The molecule has 3 aromatic carbocycles. The molecular formula is C28H32O2. The first-order chi connectivity index (χ1) is 14.8. The second kappa shape index (κ2) is 11.3. The maximum atomic E-state index is 5.90. The molecule has 2 nitrogen and oxygen atoms in total. The van der Waals surface area contributed by atoms with Gasteiger partial charge in [0, 0.05) is 0 Å². The van der Waals surface area contributed by atoms with Crippen molar-refractivity contribution in [1.82, 2.24) is 0 Å². The van der Waals surface area contributed by atoms with Crippen LogP contribution >= 0.6 is 0 Å². The van der Waals surface area contributed by atoms with Crippen LogP contribution in [0, 0.1) is 0 Å². The molecular weight excluding hydrogens is 368 g/mol. The molecule has 2 heteroatoms. The van der Waals surface area contributed by atoms with E-state index in [2.05, 4.69) is 93.6 Å². The fourth-order valence-corrected chi connectivity index (χ4v) is 3.58. The third-order valence-electron chi connectivity index (χ3n) is 4.99. The monoisotopic (exact) mass is 400 g/mol. The first-order valence-electron chi connectivity index (χ1n) is 11.0. The maximum Gasteiger partial charge on any atom is 0.119 e. The normalized spacial score (nSPS) is 11.7. The fraction of sp³-hybridized carbons (Fsp3) is 0.286. The van der Waals surface area contributed by atoms with E-state index in [0.29, 0.717) is 0 Å². The van der Waals surface area contributed by atoms with E-state index in [0.717, 1.165) is 44.0 Å². The van der Waals surface area contributed by atoms with Gasteiger partial charge in [0.2, 0.25) is 0 Å². The Morgan fingerprint density at radius 2 is 1.20 bits per heavy atom. The number of rotatable bonds is 10. The fourth-order valence-electron chi connectivity index (χ4n) is 3.58. The number of benzene rings is 3. The zero-order valence-corrected chi connectivity index (χ0v) is 18.4. The summed E-state index contributed by atoms with van der Waals surface area (Å²) in [6.07, 6.45) is 2.94. The molecule has 0 aliphatic carbocycles. The summed E-state index contributed by atoms with van der Waals surface area (Å²) < 4.78 is 11.7. The van der Waals surface area contributed by atoms with Crippen molar-refractivity contribution < 1.29 is 9.47 Å². The third-order valence-corrected chi connectivity index (χ3v) is 4.99. The zero-order chi connectivity index (χ0) is 21.2. The Hall–Kier alpha value is -3.00. The average molecular weight is 401 g/mol. The van der Waals surface area contributed by atoms with Gasteiger partial charge in [0.05, 0.1) is 13.2 Å². The molecule has 0 heterocycles. The summed E-state index contributed by atoms with van der Waals surface area (Å²) in [5.74, 6) is 1.84. The van der Waals surface area contributed by atoms with Crippen molar-refractivity contribution in [2.24, 2.45) is 0 Å². The van der Waals surface area contributed by atoms with Crippen LogP contribution in [0.5, 0.6) is 11.5 Å². The lowest BCUT2D eigenvalue weighted by molar-refractivity contribution is 0.317. The smallest absolute Gasteiger partial charge is 0.119 e. The Balaban J connectivity index is 2.09. The molecule has 0 spiro atoms. The van der Waals surface area contributed by atoms with Crippen LogP contribution in [-0.4, -0.2) is 13.2 Å². The molecule has 0 bridgehead atoms. The maximum absolute atomic E-state index is 5.90. The molecule has 0 aromatic heterocycles. The number of hydrogen-bond acceptors (Lipinski definition) is 2. The second-order valence-electron chi connectivity index (χ2n) is 7.32. The van der Waals surface area contributed by atoms with Crippen LogP contribution in [0.2, 0.25) is 0 Å². The van der Waals surface area contributed by atoms with Crippen molar-refractivity contribution >= 4 is 11.1 Å². The van der Waals surface area contributed by atoms with E-state index in [-0.39, 0.29) is 0 Å². The van der Waals surface area contributed by atoms with E-state index in [1.54, 1.807) is 0 Å². The topological polar surface area (TPSA) is 18.5 Å². The highest BCUT2D eigenvalue weighted by Gasteiger charge is 2.14. The highest BCUT2D eigenvalue weighted by molar-refractivity contribution is 5.98. The van der Waals surface area contributed by atoms with Gasteiger partial charge in [-0.2, -0.15) is 0 Å². The molecule has 0 saturated carbocycles. The third kappa shape index (κ3) is 5.54. The van der Waals surface area contributed by atoms with E-state index in [9.17, 15) is 0 Å². The molecule has 0 unspecified atom stereocenters. The molecule has 0 saturated heterocycles. The van der Waals surface area contributed by atoms with Gasteiger partial charge >= 0.3 is 0 Å². The van der Waals surface area contributed by atoms with Crippen LogP contribution in [-0.2, 0) is 0 Å². The summed E-state index contributed by atoms with van der Waals surface area (Å²) in [6.45, 7) is 7.94. The lowest BCUT2D eigenvalue weighted by Crippen LogP contribution is -1.98. The van der Waals surface area contributed by atoms with Crippen molar-refractivity contribution in [3.63, 3.8) is 0 Å². The molecule has 0 aliphatic heterocycles. The minimum absolute atomic E-state index is 0.736. The number of allylic oxidation sites excluding steroid dienone is 1. The average Bonchev–Trinajstić information content (AvgIpc) is 2.81. The minimum atomic E-state index is 0.736. The Morgan fingerprint density at radius 1 is 0.600 bits per heavy atom. The molecule has 156 valence electrons. The van der Waals surface area contributed by atoms with Crippen molar-refractivity contribution in [2.75, 3.05) is 13.2 Å². The van der Waals surface area contributed by atoms with Gasteiger partial charge in [0.25, 0.3) is 0 Å². The summed E-state index contributed by atoms with van der Waals surface area (Å²) in [4.78, 5) is 0. The Bertz CT molecular complexity index is 940. The van der Waals surface area contributed by atoms with Crippen LogP contribution in [0.4, 0.5) is 0 Å². The van der Waals surface area contributed by atoms with E-state index in [1.165, 1.54) is 27.8 Å². The molecule has 0 aliphatic rings. The van der Waals surface area contributed by atoms with Gasteiger partial charge in [-0.3, -0.25) is 0 Å². The zero-order valence-electron chi connectivity index (χ0n) is 18.4. The standard InChI is InChI=1S/C28H32O2/c1-4-19-29-25-17-15-23(16-18-25)28(22-11-8-7-9-12-22)27(6-3)24-13-10-14-26(21-24)30-20-5-2/h7-18,21H,4-6,19-20H2,1-3H3/b28-27+. The predicted molar refractivity (Wildman–Crippen MR) is 127 cm³/mol. The summed E-state index contributed by atoms with van der Waals surface area (Å²) >= 11 is 0. The molecule has 3 rings (SSSR count). The van der Waals surface area contributed by atoms with Crippen LogP contribution in [0.3, 0.4) is 0 Å². The Labute approximate surface area is 181 Å². The van der Waals surface area contributed by atoms with E-state index in [1.807, 2.05) is 6.07 Å². The van der Waals surface area contributed by atoms with Crippen LogP contribution in [0.1, 0.15) is 56.7 Å². The molecule has 3 aromatic rings. The van der Waals surface area contributed by atoms with Gasteiger partial charge < -0.3 is 9.47 Å². The van der Waals surface area contributed by atoms with Gasteiger partial charge in [0.1, 0.15) is 11.5 Å². The number of hydrogen-bond donors (Lipinski definition) is 0. The highest BCUT2D eigenvalue weighted by atomic mass is 16.5. The molecule has 0 amide bonds. The summed E-state index contributed by atoms with van der Waals surface area (Å²) in [5, 5.41) is 0. The van der Waals surface area contributed by atoms with Crippen LogP contribution in [0.15, 0.2) is 78.9 Å². The van der Waals surface area contributed by atoms with E-state index < -0.39 is 0 Å². The quantitative estimate of drug-likeness (QED) is 0.326. The van der Waals surface area contributed by atoms with Crippen molar-refractivity contribution in [3.8, 4) is 11.5 Å². The van der Waals surface area contributed by atoms with Crippen molar-refractivity contribution in [3.05, 3.63) is 95.6 Å². The molecule has 0 radical (unpaired) electrons. The summed E-state index contributed by atoms with van der Waals surface area (Å²) in [5.41, 5.74) is 6.19. The van der Waals surface area contributed by atoms with Crippen molar-refractivity contribution in [2.45, 2.75) is 40.0 Å². The van der Waals surface area contributed by atoms with Crippen molar-refractivity contribution in [1.29, 1.82) is 0 Å². The van der Waals surface area contributed by atoms with E-state index >= 15 is 0 Å². The van der Waals surface area contributed by atoms with E-state index in [4.69, 9.17) is 9.47 Å². The van der Waals surface area contributed by atoms with Gasteiger partial charge in [-0.15, -0.1) is 0 Å². The van der Waals surface area contributed by atoms with Crippen LogP contribution in [0.25, 0.3) is 11.1 Å². The lowest BCUT2D eigenvalue weighted by atomic mass is 9.88. The molecule has 30 heavy (non-hydrogen) atoms. The minimum Gasteiger partial charge on any atom is -0.494 e. The molecule has 0 fully saturated rings. The Kier molecular flexibility index (Phi) is 8.14. The SMILES string of the molecule is CCCOc1ccc(/C(=C(\CC)c2cccc(OCCC)c2)c2ccccc2)cc1. The first-order valence-corrected chi connectivity index (χ1v) is 11.0. The lowest BCUT2D eigenvalue weighted by Gasteiger charge is -2.17. The van der Waals surface area contributed by atoms with Gasteiger partial charge in [-0.25, -0.2) is 0 Å². The molecule has 0 N–H and O–H groups in total. The van der Waals surface area contributed by atoms with Gasteiger partial charge in [0.15, 0.2) is 0 Å². The molecule has 0 atom stereocenters. The Morgan fingerprint density at radius 3 is 1.83 bits per heavy atom. The highest BCUT2D eigenvalue weighted by Crippen LogP contribution is 2.36.